The normalized spacial score (nSPS) is 14.9. The van der Waals surface area contributed by atoms with Crippen LogP contribution < -0.4 is 0 Å². The van der Waals surface area contributed by atoms with Crippen LogP contribution in [0, 0.1) is 0 Å². The highest BCUT2D eigenvalue weighted by molar-refractivity contribution is 7.47. The van der Waals surface area contributed by atoms with Crippen LogP contribution in [-0.2, 0) is 32.7 Å². The van der Waals surface area contributed by atoms with Crippen molar-refractivity contribution >= 4 is 19.8 Å². The summed E-state index contributed by atoms with van der Waals surface area (Å²) < 4.78 is 32.3. The molecule has 0 amide bonds. The van der Waals surface area contributed by atoms with E-state index in [4.69, 9.17) is 18.5 Å². The van der Waals surface area contributed by atoms with E-state index in [1.807, 2.05) is 18.2 Å². The van der Waals surface area contributed by atoms with Gasteiger partial charge in [-0.15, -0.1) is 0 Å². The van der Waals surface area contributed by atoms with Gasteiger partial charge in [-0.05, 0) is 64.2 Å². The molecule has 0 saturated heterocycles. The highest BCUT2D eigenvalue weighted by atomic mass is 31.2. The van der Waals surface area contributed by atoms with Crippen LogP contribution in [-0.4, -0.2) is 65.7 Å². The van der Waals surface area contributed by atoms with E-state index >= 15 is 0 Å². The monoisotopic (exact) mass is 724 g/mol. The lowest BCUT2D eigenvalue weighted by Gasteiger charge is -2.20. The third-order valence-corrected chi connectivity index (χ3v) is 8.12. The predicted molar refractivity (Wildman–Crippen MR) is 200 cm³/mol. The molecule has 0 aromatic carbocycles. The zero-order valence-corrected chi connectivity index (χ0v) is 31.5. The molecule has 0 rings (SSSR count). The summed E-state index contributed by atoms with van der Waals surface area (Å²) in [6.45, 7) is 1.91. The molecule has 0 bridgehead atoms. The first-order valence-electron chi connectivity index (χ1n) is 18.4. The number of rotatable bonds is 33. The zero-order valence-electron chi connectivity index (χ0n) is 30.6. The highest BCUT2D eigenvalue weighted by Gasteiger charge is 2.27. The number of unbranched alkanes of at least 4 members (excludes halogenated alkanes) is 7. The average Bonchev–Trinajstić information content (AvgIpc) is 3.10. The lowest BCUT2D eigenvalue weighted by molar-refractivity contribution is -0.153. The molecule has 0 fully saturated rings. The molecule has 3 atom stereocenters. The van der Waals surface area contributed by atoms with Gasteiger partial charge in [0, 0.05) is 12.8 Å². The molecule has 286 valence electrons. The van der Waals surface area contributed by atoms with Crippen LogP contribution in [0.3, 0.4) is 0 Å². The molecule has 0 spiro atoms. The van der Waals surface area contributed by atoms with Crippen molar-refractivity contribution in [2.45, 2.75) is 135 Å². The Morgan fingerprint density at radius 3 is 1.48 bits per heavy atom. The van der Waals surface area contributed by atoms with Gasteiger partial charge in [0.15, 0.2) is 0 Å². The molecule has 0 aliphatic heterocycles. The first-order chi connectivity index (χ1) is 24.3. The van der Waals surface area contributed by atoms with Crippen LogP contribution in [0.2, 0.25) is 0 Å². The minimum atomic E-state index is -4.65. The number of aliphatic hydroxyl groups is 2. The van der Waals surface area contributed by atoms with Crippen molar-refractivity contribution in [3.05, 3.63) is 72.9 Å². The van der Waals surface area contributed by atoms with Gasteiger partial charge in [0.2, 0.25) is 0 Å². The number of carbonyl (C=O) groups is 2. The van der Waals surface area contributed by atoms with Crippen LogP contribution in [0.1, 0.15) is 123 Å². The van der Waals surface area contributed by atoms with Crippen LogP contribution in [0.5, 0.6) is 0 Å². The quantitative estimate of drug-likeness (QED) is 0.0259. The van der Waals surface area contributed by atoms with E-state index < -0.39 is 58.4 Å². The van der Waals surface area contributed by atoms with E-state index in [2.05, 4.69) is 68.5 Å². The first kappa shape index (κ1) is 47.4. The second-order valence-electron chi connectivity index (χ2n) is 11.8. The number of esters is 2. The number of aliphatic hydroxyl groups excluding tert-OH is 2. The first-order valence-corrected chi connectivity index (χ1v) is 19.9. The Bertz CT molecular complexity index is 1060. The van der Waals surface area contributed by atoms with Gasteiger partial charge >= 0.3 is 19.8 Å². The van der Waals surface area contributed by atoms with E-state index in [-0.39, 0.29) is 12.8 Å². The van der Waals surface area contributed by atoms with Gasteiger partial charge in [-0.1, -0.05) is 119 Å². The van der Waals surface area contributed by atoms with Crippen LogP contribution >= 0.6 is 7.82 Å². The van der Waals surface area contributed by atoms with Crippen molar-refractivity contribution < 1.29 is 47.8 Å². The summed E-state index contributed by atoms with van der Waals surface area (Å²) in [6.07, 6.45) is 37.5. The molecule has 0 aromatic heterocycles. The Kier molecular flexibility index (Phi) is 33.0. The van der Waals surface area contributed by atoms with E-state index in [9.17, 15) is 29.3 Å². The molecular weight excluding hydrogens is 659 g/mol. The van der Waals surface area contributed by atoms with E-state index in [1.54, 1.807) is 0 Å². The molecule has 10 nitrogen and oxygen atoms in total. The third-order valence-electron chi connectivity index (χ3n) is 7.17. The Labute approximate surface area is 301 Å². The fourth-order valence-corrected chi connectivity index (χ4v) is 5.10. The third kappa shape index (κ3) is 32.6. The molecule has 11 heteroatoms. The van der Waals surface area contributed by atoms with E-state index in [0.717, 1.165) is 70.6 Å². The van der Waals surface area contributed by atoms with Crippen molar-refractivity contribution in [3.63, 3.8) is 0 Å². The van der Waals surface area contributed by atoms with Gasteiger partial charge in [-0.3, -0.25) is 18.6 Å². The van der Waals surface area contributed by atoms with E-state index in [1.165, 1.54) is 12.8 Å². The van der Waals surface area contributed by atoms with Gasteiger partial charge in [-0.2, -0.15) is 0 Å². The number of phosphoric acid groups is 1. The fraction of sp³-hybridized carbons (Fsp3) is 0.641. The molecule has 0 aliphatic carbocycles. The van der Waals surface area contributed by atoms with Gasteiger partial charge in [0.05, 0.1) is 26.4 Å². The molecular formula is C39H65O10P. The maximum absolute atomic E-state index is 12.3. The maximum atomic E-state index is 12.3. The van der Waals surface area contributed by atoms with Gasteiger partial charge in [0.1, 0.15) is 12.2 Å². The molecule has 3 N–H and O–H groups in total. The summed E-state index contributed by atoms with van der Waals surface area (Å²) in [6, 6.07) is 0. The second-order valence-corrected chi connectivity index (χ2v) is 13.3. The molecule has 0 heterocycles. The number of phosphoric ester groups is 1. The van der Waals surface area contributed by atoms with Crippen molar-refractivity contribution in [2.75, 3.05) is 26.4 Å². The van der Waals surface area contributed by atoms with Crippen molar-refractivity contribution in [2.24, 2.45) is 0 Å². The fourth-order valence-electron chi connectivity index (χ4n) is 4.32. The number of hydrogen-bond acceptors (Lipinski definition) is 9. The summed E-state index contributed by atoms with van der Waals surface area (Å²) >= 11 is 0. The van der Waals surface area contributed by atoms with Crippen molar-refractivity contribution in [1.29, 1.82) is 0 Å². The molecule has 0 aliphatic rings. The van der Waals surface area contributed by atoms with Crippen LogP contribution in [0.15, 0.2) is 72.9 Å². The molecule has 50 heavy (non-hydrogen) atoms. The summed E-state index contributed by atoms with van der Waals surface area (Å²) in [7, 11) is -4.65. The number of carbonyl (C=O) groups excluding carboxylic acids is 2. The molecule has 3 unspecified atom stereocenters. The Hall–Kier alpha value is -2.59. The minimum Gasteiger partial charge on any atom is -0.457 e. The number of allylic oxidation sites excluding steroid dienone is 12. The summed E-state index contributed by atoms with van der Waals surface area (Å²) in [4.78, 5) is 34.3. The number of ether oxygens (including phenoxy) is 2. The summed E-state index contributed by atoms with van der Waals surface area (Å²) in [5, 5.41) is 19.0. The largest absolute Gasteiger partial charge is 0.472 e. The topological polar surface area (TPSA) is 149 Å². The molecule has 0 aromatic rings. The molecule has 0 radical (unpaired) electrons. The summed E-state index contributed by atoms with van der Waals surface area (Å²) in [5.74, 6) is -1.13. The van der Waals surface area contributed by atoms with Crippen LogP contribution in [0.25, 0.3) is 0 Å². The van der Waals surface area contributed by atoms with Crippen LogP contribution in [0.4, 0.5) is 0 Å². The van der Waals surface area contributed by atoms with E-state index in [0.29, 0.717) is 12.8 Å². The van der Waals surface area contributed by atoms with Gasteiger partial charge in [0.25, 0.3) is 0 Å². The maximum Gasteiger partial charge on any atom is 0.472 e. The lowest BCUT2D eigenvalue weighted by atomic mass is 10.1. The highest BCUT2D eigenvalue weighted by Crippen LogP contribution is 2.43. The Balaban J connectivity index is 4.12. The predicted octanol–water partition coefficient (Wildman–Crippen LogP) is 8.94. The van der Waals surface area contributed by atoms with Gasteiger partial charge < -0.3 is 24.6 Å². The van der Waals surface area contributed by atoms with Crippen molar-refractivity contribution in [3.8, 4) is 0 Å². The SMILES string of the molecule is CC/C=C\C/C=C\C/C=C\C/C=C\CCC(=O)OC(CO)COP(=O)(O)OCC(CO)OC(=O)CCCCCCC/C=C\C/C=C\CCCC. The Morgan fingerprint density at radius 2 is 0.980 bits per heavy atom. The zero-order chi connectivity index (χ0) is 37.0. The smallest absolute Gasteiger partial charge is 0.457 e. The lowest BCUT2D eigenvalue weighted by Crippen LogP contribution is -2.28. The second kappa shape index (κ2) is 34.8. The minimum absolute atomic E-state index is 0.0662. The number of hydrogen-bond donors (Lipinski definition) is 3. The molecule has 0 saturated carbocycles. The standard InChI is InChI=1S/C39H65O10P/c1-3-5-7-9-11-13-15-17-19-21-23-25-27-29-31-39(43)49-37(33-41)35-47-50(44,45)46-34-36(32-40)48-38(42)30-28-26-24-22-20-18-16-14-12-10-8-6-4-2/h6,8-9,11-12,14-15,17-18,20,24,26,36-37,40-41H,3-5,7,10,13,16,19,21-23,25,27-35H2,1-2H3,(H,44,45)/b8-6-,11-9-,14-12-,17-15-,20-18-,26-24-. The summed E-state index contributed by atoms with van der Waals surface area (Å²) in [5.41, 5.74) is 0. The van der Waals surface area contributed by atoms with Gasteiger partial charge in [-0.25, -0.2) is 4.57 Å². The average molecular weight is 725 g/mol. The van der Waals surface area contributed by atoms with Crippen molar-refractivity contribution in [1.82, 2.24) is 0 Å². The Morgan fingerprint density at radius 1 is 0.560 bits per heavy atom.